The van der Waals surface area contributed by atoms with Gasteiger partial charge >= 0.3 is 0 Å². The van der Waals surface area contributed by atoms with Gasteiger partial charge in [0.15, 0.2) is 17.4 Å². The number of hydrogen-bond acceptors (Lipinski definition) is 3. The Bertz CT molecular complexity index is 1040. The highest BCUT2D eigenvalue weighted by molar-refractivity contribution is 5.78. The monoisotopic (exact) mass is 348 g/mol. The van der Waals surface area contributed by atoms with Gasteiger partial charge in [0.2, 0.25) is 0 Å². The van der Waals surface area contributed by atoms with Crippen LogP contribution in [0.2, 0.25) is 0 Å². The van der Waals surface area contributed by atoms with Crippen molar-refractivity contribution in [1.82, 2.24) is 9.55 Å². The van der Waals surface area contributed by atoms with Gasteiger partial charge in [0, 0.05) is 5.69 Å². The number of aromatic nitrogens is 2. The minimum atomic E-state index is -0.389. The molecule has 0 amide bonds. The third kappa shape index (κ3) is 2.99. The highest BCUT2D eigenvalue weighted by atomic mass is 19.1. The van der Waals surface area contributed by atoms with Gasteiger partial charge in [-0.25, -0.2) is 9.37 Å². The van der Waals surface area contributed by atoms with Crippen molar-refractivity contribution in [1.29, 1.82) is 0 Å². The third-order valence-corrected chi connectivity index (χ3v) is 4.15. The van der Waals surface area contributed by atoms with E-state index in [1.54, 1.807) is 25.3 Å². The van der Waals surface area contributed by atoms with Gasteiger partial charge in [-0.05, 0) is 48.5 Å². The fourth-order valence-corrected chi connectivity index (χ4v) is 2.90. The van der Waals surface area contributed by atoms with Crippen LogP contribution in [0.4, 0.5) is 4.39 Å². The Morgan fingerprint density at radius 1 is 0.923 bits per heavy atom. The largest absolute Gasteiger partial charge is 0.497 e. The molecule has 0 aliphatic heterocycles. The molecule has 0 radical (unpaired) electrons. The maximum absolute atomic E-state index is 13.8. The Morgan fingerprint density at radius 3 is 2.42 bits per heavy atom. The highest BCUT2D eigenvalue weighted by Crippen LogP contribution is 2.25. The smallest absolute Gasteiger partial charge is 0.165 e. The van der Waals surface area contributed by atoms with E-state index in [-0.39, 0.29) is 18.2 Å². The second kappa shape index (κ2) is 6.88. The summed E-state index contributed by atoms with van der Waals surface area (Å²) in [5.74, 6) is 1.29. The number of ether oxygens (including phenoxy) is 2. The SMILES string of the molecule is COc1ccc(-n2c(COc3ccccc3F)nc3ccccc32)cc1. The number of para-hydroxylation sites is 3. The molecule has 0 saturated heterocycles. The number of benzene rings is 3. The molecule has 0 atom stereocenters. The summed E-state index contributed by atoms with van der Waals surface area (Å²) in [6.07, 6.45) is 0. The van der Waals surface area contributed by atoms with Crippen molar-refractivity contribution < 1.29 is 13.9 Å². The van der Waals surface area contributed by atoms with E-state index >= 15 is 0 Å². The molecule has 26 heavy (non-hydrogen) atoms. The molecule has 4 rings (SSSR count). The van der Waals surface area contributed by atoms with Crippen LogP contribution in [0, 0.1) is 5.82 Å². The predicted molar refractivity (Wildman–Crippen MR) is 98.4 cm³/mol. The van der Waals surface area contributed by atoms with Crippen LogP contribution in [-0.2, 0) is 6.61 Å². The molecular formula is C21H17FN2O2. The lowest BCUT2D eigenvalue weighted by Gasteiger charge is -2.11. The zero-order valence-corrected chi connectivity index (χ0v) is 14.2. The number of methoxy groups -OCH3 is 1. The van der Waals surface area contributed by atoms with E-state index in [9.17, 15) is 4.39 Å². The summed E-state index contributed by atoms with van der Waals surface area (Å²) in [7, 11) is 1.63. The normalized spacial score (nSPS) is 10.8. The molecule has 0 bridgehead atoms. The summed E-state index contributed by atoms with van der Waals surface area (Å²) < 4.78 is 26.8. The molecule has 0 unspecified atom stereocenters. The summed E-state index contributed by atoms with van der Waals surface area (Å²) in [4.78, 5) is 4.66. The minimum absolute atomic E-state index is 0.154. The Kier molecular flexibility index (Phi) is 4.27. The fraction of sp³-hybridized carbons (Fsp3) is 0.0952. The van der Waals surface area contributed by atoms with Crippen LogP contribution >= 0.6 is 0 Å². The molecule has 4 aromatic rings. The Morgan fingerprint density at radius 2 is 1.65 bits per heavy atom. The first kappa shape index (κ1) is 16.1. The van der Waals surface area contributed by atoms with Gasteiger partial charge in [-0.1, -0.05) is 24.3 Å². The zero-order chi connectivity index (χ0) is 17.9. The molecule has 0 aliphatic rings. The van der Waals surface area contributed by atoms with Crippen molar-refractivity contribution in [3.8, 4) is 17.2 Å². The molecule has 3 aromatic carbocycles. The minimum Gasteiger partial charge on any atom is -0.497 e. The van der Waals surface area contributed by atoms with Gasteiger partial charge in [-0.2, -0.15) is 0 Å². The number of rotatable bonds is 5. The molecule has 0 fully saturated rings. The van der Waals surface area contributed by atoms with Crippen molar-refractivity contribution in [2.75, 3.05) is 7.11 Å². The maximum atomic E-state index is 13.8. The Labute approximate surface area is 150 Å². The number of hydrogen-bond donors (Lipinski definition) is 0. The summed E-state index contributed by atoms with van der Waals surface area (Å²) in [5.41, 5.74) is 2.76. The first-order chi connectivity index (χ1) is 12.8. The van der Waals surface area contributed by atoms with E-state index in [4.69, 9.17) is 9.47 Å². The summed E-state index contributed by atoms with van der Waals surface area (Å²) >= 11 is 0. The van der Waals surface area contributed by atoms with Gasteiger partial charge in [-0.15, -0.1) is 0 Å². The lowest BCUT2D eigenvalue weighted by Crippen LogP contribution is -2.06. The molecule has 0 saturated carbocycles. The lowest BCUT2D eigenvalue weighted by molar-refractivity contribution is 0.280. The first-order valence-electron chi connectivity index (χ1n) is 8.24. The van der Waals surface area contributed by atoms with E-state index in [0.717, 1.165) is 22.5 Å². The second-order valence-corrected chi connectivity index (χ2v) is 5.77. The van der Waals surface area contributed by atoms with Crippen LogP contribution in [-0.4, -0.2) is 16.7 Å². The van der Waals surface area contributed by atoms with Gasteiger partial charge < -0.3 is 9.47 Å². The van der Waals surface area contributed by atoms with Gasteiger partial charge in [0.1, 0.15) is 12.4 Å². The summed E-state index contributed by atoms with van der Waals surface area (Å²) in [6, 6.07) is 21.9. The van der Waals surface area contributed by atoms with E-state index in [1.165, 1.54) is 6.07 Å². The molecule has 130 valence electrons. The van der Waals surface area contributed by atoms with E-state index < -0.39 is 0 Å². The molecule has 4 nitrogen and oxygen atoms in total. The number of imidazole rings is 1. The lowest BCUT2D eigenvalue weighted by atomic mass is 10.2. The molecule has 1 aromatic heterocycles. The topological polar surface area (TPSA) is 36.3 Å². The van der Waals surface area contributed by atoms with Crippen LogP contribution in [0.3, 0.4) is 0 Å². The standard InChI is InChI=1S/C21H17FN2O2/c1-25-16-12-10-15(11-13-16)24-19-8-4-3-7-18(19)23-21(24)14-26-20-9-5-2-6-17(20)22/h2-13H,14H2,1H3. The Balaban J connectivity index is 1.75. The van der Waals surface area contributed by atoms with Crippen LogP contribution in [0.1, 0.15) is 5.82 Å². The van der Waals surface area contributed by atoms with E-state index in [0.29, 0.717) is 5.82 Å². The third-order valence-electron chi connectivity index (χ3n) is 4.15. The summed E-state index contributed by atoms with van der Waals surface area (Å²) in [6.45, 7) is 0.154. The average molecular weight is 348 g/mol. The van der Waals surface area contributed by atoms with Crippen molar-refractivity contribution >= 4 is 11.0 Å². The fourth-order valence-electron chi connectivity index (χ4n) is 2.90. The summed E-state index contributed by atoms with van der Waals surface area (Å²) in [5, 5.41) is 0. The van der Waals surface area contributed by atoms with Gasteiger partial charge in [0.25, 0.3) is 0 Å². The van der Waals surface area contributed by atoms with Crippen molar-refractivity contribution in [3.63, 3.8) is 0 Å². The molecular weight excluding hydrogens is 331 g/mol. The zero-order valence-electron chi connectivity index (χ0n) is 14.2. The molecule has 1 heterocycles. The molecule has 0 aliphatic carbocycles. The molecule has 0 N–H and O–H groups in total. The van der Waals surface area contributed by atoms with E-state index in [2.05, 4.69) is 4.98 Å². The van der Waals surface area contributed by atoms with Gasteiger partial charge in [-0.3, -0.25) is 4.57 Å². The van der Waals surface area contributed by atoms with Crippen molar-refractivity contribution in [2.24, 2.45) is 0 Å². The van der Waals surface area contributed by atoms with Crippen LogP contribution in [0.5, 0.6) is 11.5 Å². The van der Waals surface area contributed by atoms with Crippen molar-refractivity contribution in [3.05, 3.63) is 84.4 Å². The quantitative estimate of drug-likeness (QED) is 0.522. The maximum Gasteiger partial charge on any atom is 0.165 e. The Hall–Kier alpha value is -3.34. The van der Waals surface area contributed by atoms with Gasteiger partial charge in [0.05, 0.1) is 18.1 Å². The average Bonchev–Trinajstić information content (AvgIpc) is 3.06. The number of halogens is 1. The first-order valence-corrected chi connectivity index (χ1v) is 8.24. The highest BCUT2D eigenvalue weighted by Gasteiger charge is 2.13. The van der Waals surface area contributed by atoms with Crippen molar-refractivity contribution in [2.45, 2.75) is 6.61 Å². The molecule has 5 heteroatoms. The number of fused-ring (bicyclic) bond motifs is 1. The van der Waals surface area contributed by atoms with E-state index in [1.807, 2.05) is 53.1 Å². The second-order valence-electron chi connectivity index (χ2n) is 5.77. The predicted octanol–water partition coefficient (Wildman–Crippen LogP) is 4.75. The van der Waals surface area contributed by atoms with Crippen LogP contribution < -0.4 is 9.47 Å². The molecule has 0 spiro atoms. The van der Waals surface area contributed by atoms with Crippen LogP contribution in [0.15, 0.2) is 72.8 Å². The number of nitrogens with zero attached hydrogens (tertiary/aromatic N) is 2. The van der Waals surface area contributed by atoms with Crippen LogP contribution in [0.25, 0.3) is 16.7 Å².